The van der Waals surface area contributed by atoms with E-state index in [0.29, 0.717) is 18.4 Å². The molecular weight excluding hydrogens is 178 g/mol. The summed E-state index contributed by atoms with van der Waals surface area (Å²) in [7, 11) is 0. The van der Waals surface area contributed by atoms with E-state index in [1.54, 1.807) is 4.90 Å². The number of amides is 1. The largest absolute Gasteiger partial charge is 0.335 e. The van der Waals surface area contributed by atoms with Gasteiger partial charge in [-0.1, -0.05) is 13.3 Å². The molecule has 0 N–H and O–H groups in total. The van der Waals surface area contributed by atoms with Crippen molar-refractivity contribution in [2.45, 2.75) is 39.0 Å². The Hall–Kier alpha value is -0.860. The van der Waals surface area contributed by atoms with E-state index in [4.69, 9.17) is 0 Å². The number of rotatable bonds is 4. The van der Waals surface area contributed by atoms with E-state index in [1.807, 2.05) is 0 Å². The van der Waals surface area contributed by atoms with Crippen LogP contribution in [-0.4, -0.2) is 29.7 Å². The molecule has 1 saturated carbocycles. The van der Waals surface area contributed by atoms with Gasteiger partial charge in [-0.15, -0.1) is 0 Å². The highest BCUT2D eigenvalue weighted by atomic mass is 16.2. The smallest absolute Gasteiger partial charge is 0.290 e. The van der Waals surface area contributed by atoms with E-state index in [2.05, 4.69) is 6.92 Å². The predicted molar refractivity (Wildman–Crippen MR) is 52.8 cm³/mol. The summed E-state index contributed by atoms with van der Waals surface area (Å²) in [6.45, 7) is 3.66. The van der Waals surface area contributed by atoms with Crippen LogP contribution >= 0.6 is 0 Å². The fourth-order valence-corrected chi connectivity index (χ4v) is 2.37. The van der Waals surface area contributed by atoms with E-state index in [9.17, 15) is 9.59 Å². The van der Waals surface area contributed by atoms with Crippen LogP contribution in [-0.2, 0) is 9.59 Å². The Balaban J connectivity index is 1.92. The standard InChI is InChI=1S/C11H17NO2/c1-2-4-11(5-6-11)8-12-7-3-9(13)10(12)14/h2-8H2,1H3. The molecule has 78 valence electrons. The molecule has 0 unspecified atom stereocenters. The van der Waals surface area contributed by atoms with Crippen molar-refractivity contribution in [1.82, 2.24) is 4.90 Å². The number of carbonyl (C=O) groups is 2. The zero-order valence-corrected chi connectivity index (χ0v) is 8.71. The summed E-state index contributed by atoms with van der Waals surface area (Å²) in [6.07, 6.45) is 5.28. The van der Waals surface area contributed by atoms with Crippen LogP contribution in [0.3, 0.4) is 0 Å². The third-order valence-corrected chi connectivity index (χ3v) is 3.40. The van der Waals surface area contributed by atoms with E-state index in [0.717, 1.165) is 6.54 Å². The summed E-state index contributed by atoms with van der Waals surface area (Å²) in [4.78, 5) is 24.2. The second-order valence-electron chi connectivity index (χ2n) is 4.65. The molecule has 1 saturated heterocycles. The monoisotopic (exact) mass is 195 g/mol. The summed E-state index contributed by atoms with van der Waals surface area (Å²) in [6, 6.07) is 0. The fourth-order valence-electron chi connectivity index (χ4n) is 2.37. The van der Waals surface area contributed by atoms with Gasteiger partial charge in [-0.25, -0.2) is 0 Å². The Morgan fingerprint density at radius 1 is 1.36 bits per heavy atom. The van der Waals surface area contributed by atoms with Crippen LogP contribution in [0.1, 0.15) is 39.0 Å². The van der Waals surface area contributed by atoms with Gasteiger partial charge < -0.3 is 4.90 Å². The summed E-state index contributed by atoms with van der Waals surface area (Å²) in [5.41, 5.74) is 0.384. The van der Waals surface area contributed by atoms with Gasteiger partial charge in [0.15, 0.2) is 0 Å². The summed E-state index contributed by atoms with van der Waals surface area (Å²) in [5, 5.41) is 0. The Labute approximate surface area is 84.5 Å². The zero-order chi connectivity index (χ0) is 10.2. The maximum atomic E-state index is 11.4. The van der Waals surface area contributed by atoms with Crippen LogP contribution in [0.5, 0.6) is 0 Å². The maximum absolute atomic E-state index is 11.4. The van der Waals surface area contributed by atoms with Gasteiger partial charge in [0.05, 0.1) is 0 Å². The van der Waals surface area contributed by atoms with Crippen molar-refractivity contribution in [1.29, 1.82) is 0 Å². The van der Waals surface area contributed by atoms with Gasteiger partial charge in [-0.2, -0.15) is 0 Å². The van der Waals surface area contributed by atoms with Gasteiger partial charge in [0, 0.05) is 19.5 Å². The lowest BCUT2D eigenvalue weighted by molar-refractivity contribution is -0.140. The molecule has 0 radical (unpaired) electrons. The van der Waals surface area contributed by atoms with Gasteiger partial charge in [0.25, 0.3) is 5.91 Å². The number of carbonyl (C=O) groups excluding carboxylic acids is 2. The second kappa shape index (κ2) is 3.37. The van der Waals surface area contributed by atoms with Crippen LogP contribution in [0.15, 0.2) is 0 Å². The first-order chi connectivity index (χ1) is 6.67. The van der Waals surface area contributed by atoms with E-state index in [-0.39, 0.29) is 11.7 Å². The second-order valence-corrected chi connectivity index (χ2v) is 4.65. The molecule has 2 fully saturated rings. The average Bonchev–Trinajstić information content (AvgIpc) is 2.85. The van der Waals surface area contributed by atoms with Crippen LogP contribution in [0.4, 0.5) is 0 Å². The topological polar surface area (TPSA) is 37.4 Å². The number of hydrogen-bond acceptors (Lipinski definition) is 2. The third kappa shape index (κ3) is 1.68. The number of hydrogen-bond donors (Lipinski definition) is 0. The van der Waals surface area contributed by atoms with E-state index >= 15 is 0 Å². The minimum Gasteiger partial charge on any atom is -0.335 e. The molecule has 2 rings (SSSR count). The van der Waals surface area contributed by atoms with Crippen molar-refractivity contribution < 1.29 is 9.59 Å². The number of ketones is 1. The van der Waals surface area contributed by atoms with Gasteiger partial charge in [-0.3, -0.25) is 9.59 Å². The SMILES string of the molecule is CCCC1(CN2CCC(=O)C2=O)CC1. The van der Waals surface area contributed by atoms with Crippen molar-refractivity contribution in [2.75, 3.05) is 13.1 Å². The molecule has 0 atom stereocenters. The highest BCUT2D eigenvalue weighted by Crippen LogP contribution is 2.50. The average molecular weight is 195 g/mol. The number of nitrogens with zero attached hydrogens (tertiary/aromatic N) is 1. The Kier molecular flexibility index (Phi) is 2.33. The molecule has 1 amide bonds. The molecular formula is C11H17NO2. The highest BCUT2D eigenvalue weighted by molar-refractivity contribution is 6.37. The molecule has 0 aromatic rings. The molecule has 3 heteroatoms. The molecule has 1 aliphatic heterocycles. The molecule has 14 heavy (non-hydrogen) atoms. The van der Waals surface area contributed by atoms with Gasteiger partial charge in [-0.05, 0) is 24.7 Å². The first-order valence-corrected chi connectivity index (χ1v) is 5.49. The molecule has 0 aromatic carbocycles. The molecule has 2 aliphatic rings. The Morgan fingerprint density at radius 3 is 2.50 bits per heavy atom. The molecule has 1 aliphatic carbocycles. The van der Waals surface area contributed by atoms with Gasteiger partial charge in [0.1, 0.15) is 0 Å². The third-order valence-electron chi connectivity index (χ3n) is 3.40. The van der Waals surface area contributed by atoms with E-state index < -0.39 is 0 Å². The van der Waals surface area contributed by atoms with Crippen LogP contribution in [0.25, 0.3) is 0 Å². The molecule has 0 spiro atoms. The highest BCUT2D eigenvalue weighted by Gasteiger charge is 2.45. The summed E-state index contributed by atoms with van der Waals surface area (Å²) < 4.78 is 0. The molecule has 1 heterocycles. The van der Waals surface area contributed by atoms with Crippen LogP contribution in [0.2, 0.25) is 0 Å². The minimum atomic E-state index is -0.243. The van der Waals surface area contributed by atoms with Gasteiger partial charge in [0.2, 0.25) is 5.78 Å². The summed E-state index contributed by atoms with van der Waals surface area (Å²) in [5.74, 6) is -0.440. The number of Topliss-reactive ketones (excluding diaryl/α,β-unsaturated/α-hetero) is 1. The molecule has 3 nitrogen and oxygen atoms in total. The number of likely N-dealkylation sites (tertiary alicyclic amines) is 1. The van der Waals surface area contributed by atoms with Crippen LogP contribution < -0.4 is 0 Å². The Bertz CT molecular complexity index is 268. The van der Waals surface area contributed by atoms with Crippen molar-refractivity contribution >= 4 is 11.7 Å². The lowest BCUT2D eigenvalue weighted by Crippen LogP contribution is -2.33. The lowest BCUT2D eigenvalue weighted by atomic mass is 10.0. The molecule has 0 aromatic heterocycles. The maximum Gasteiger partial charge on any atom is 0.290 e. The van der Waals surface area contributed by atoms with Crippen molar-refractivity contribution in [3.05, 3.63) is 0 Å². The lowest BCUT2D eigenvalue weighted by Gasteiger charge is -2.21. The van der Waals surface area contributed by atoms with Crippen molar-refractivity contribution in [2.24, 2.45) is 5.41 Å². The quantitative estimate of drug-likeness (QED) is 0.635. The fraction of sp³-hybridized carbons (Fsp3) is 0.818. The molecule has 0 bridgehead atoms. The van der Waals surface area contributed by atoms with Gasteiger partial charge >= 0.3 is 0 Å². The first kappa shape index (κ1) is 9.69. The first-order valence-electron chi connectivity index (χ1n) is 5.49. The predicted octanol–water partition coefficient (Wildman–Crippen LogP) is 1.37. The van der Waals surface area contributed by atoms with Crippen molar-refractivity contribution in [3.8, 4) is 0 Å². The van der Waals surface area contributed by atoms with Crippen molar-refractivity contribution in [3.63, 3.8) is 0 Å². The van der Waals surface area contributed by atoms with Crippen LogP contribution in [0, 0.1) is 5.41 Å². The zero-order valence-electron chi connectivity index (χ0n) is 8.71. The van der Waals surface area contributed by atoms with E-state index in [1.165, 1.54) is 25.7 Å². The normalized spacial score (nSPS) is 24.5. The Morgan fingerprint density at radius 2 is 2.07 bits per heavy atom. The minimum absolute atomic E-state index is 0.197. The summed E-state index contributed by atoms with van der Waals surface area (Å²) >= 11 is 0.